The molecule has 1 saturated heterocycles. The summed E-state index contributed by atoms with van der Waals surface area (Å²) in [5.41, 5.74) is 2.58. The molecule has 1 aromatic carbocycles. The van der Waals surface area contributed by atoms with E-state index in [1.54, 1.807) is 4.90 Å². The molecule has 17 heavy (non-hydrogen) atoms. The molecule has 1 N–H and O–H groups in total. The molecule has 0 spiro atoms. The number of anilines is 1. The zero-order valence-corrected chi connectivity index (χ0v) is 9.81. The molecule has 1 fully saturated rings. The van der Waals surface area contributed by atoms with E-state index in [0.29, 0.717) is 13.0 Å². The number of terminal acetylenes is 1. The van der Waals surface area contributed by atoms with Crippen molar-refractivity contribution in [2.24, 2.45) is 5.92 Å². The Morgan fingerprint density at radius 3 is 2.94 bits per heavy atom. The van der Waals surface area contributed by atoms with Crippen LogP contribution in [0.2, 0.25) is 0 Å². The molecular weight excluding hydrogens is 214 g/mol. The average molecular weight is 229 g/mol. The van der Waals surface area contributed by atoms with Crippen LogP contribution in [0.1, 0.15) is 17.5 Å². The van der Waals surface area contributed by atoms with Crippen molar-refractivity contribution in [3.05, 3.63) is 29.3 Å². The molecule has 1 aliphatic rings. The van der Waals surface area contributed by atoms with E-state index in [0.717, 1.165) is 16.8 Å². The first-order valence-corrected chi connectivity index (χ1v) is 5.63. The number of aryl methyl sites for hydroxylation is 1. The predicted molar refractivity (Wildman–Crippen MR) is 66.4 cm³/mol. The van der Waals surface area contributed by atoms with E-state index >= 15 is 0 Å². The fourth-order valence-corrected chi connectivity index (χ4v) is 2.27. The first kappa shape index (κ1) is 11.7. The number of benzene rings is 1. The Balaban J connectivity index is 2.41. The van der Waals surface area contributed by atoms with Gasteiger partial charge in [0.25, 0.3) is 0 Å². The van der Waals surface area contributed by atoms with Crippen LogP contribution in [0.15, 0.2) is 18.2 Å². The second-order valence-electron chi connectivity index (χ2n) is 4.31. The number of rotatable bonds is 2. The smallest absolute Gasteiger partial charge is 0.228 e. The van der Waals surface area contributed by atoms with Crippen molar-refractivity contribution in [3.8, 4) is 12.3 Å². The van der Waals surface area contributed by atoms with Crippen LogP contribution in [0.5, 0.6) is 0 Å². The number of nitrogens with zero attached hydrogens (tertiary/aromatic N) is 1. The van der Waals surface area contributed by atoms with Gasteiger partial charge in [0.15, 0.2) is 0 Å². The minimum absolute atomic E-state index is 0.0198. The summed E-state index contributed by atoms with van der Waals surface area (Å²) in [6.07, 6.45) is 5.77. The van der Waals surface area contributed by atoms with Gasteiger partial charge in [-0.3, -0.25) is 4.79 Å². The number of para-hydroxylation sites is 1. The molecule has 0 bridgehead atoms. The van der Waals surface area contributed by atoms with Crippen molar-refractivity contribution in [2.75, 3.05) is 11.4 Å². The van der Waals surface area contributed by atoms with E-state index in [4.69, 9.17) is 6.42 Å². The third-order valence-electron chi connectivity index (χ3n) is 3.12. The van der Waals surface area contributed by atoms with Crippen LogP contribution in [-0.4, -0.2) is 17.6 Å². The molecule has 1 aliphatic heterocycles. The van der Waals surface area contributed by atoms with Crippen molar-refractivity contribution < 1.29 is 9.90 Å². The Hall–Kier alpha value is -1.79. The monoisotopic (exact) mass is 229 g/mol. The first-order chi connectivity index (χ1) is 8.17. The average Bonchev–Trinajstić information content (AvgIpc) is 2.70. The van der Waals surface area contributed by atoms with Crippen molar-refractivity contribution in [3.63, 3.8) is 0 Å². The summed E-state index contributed by atoms with van der Waals surface area (Å²) in [4.78, 5) is 13.6. The lowest BCUT2D eigenvalue weighted by atomic mass is 10.1. The van der Waals surface area contributed by atoms with Gasteiger partial charge >= 0.3 is 0 Å². The number of carbonyl (C=O) groups is 1. The SMILES string of the molecule is C#CC1CC(=O)N(c2c(C)cccc2CO)C1. The quantitative estimate of drug-likeness (QED) is 0.780. The maximum atomic E-state index is 11.9. The van der Waals surface area contributed by atoms with Crippen LogP contribution in [0.3, 0.4) is 0 Å². The van der Waals surface area contributed by atoms with Crippen molar-refractivity contribution >= 4 is 11.6 Å². The molecular formula is C14H15NO2. The van der Waals surface area contributed by atoms with E-state index in [1.165, 1.54) is 0 Å². The van der Waals surface area contributed by atoms with Gasteiger partial charge in [0.05, 0.1) is 12.3 Å². The van der Waals surface area contributed by atoms with Crippen LogP contribution >= 0.6 is 0 Å². The number of hydrogen-bond acceptors (Lipinski definition) is 2. The summed E-state index contributed by atoms with van der Waals surface area (Å²) in [5, 5.41) is 9.33. The maximum absolute atomic E-state index is 11.9. The molecule has 1 unspecified atom stereocenters. The zero-order chi connectivity index (χ0) is 12.4. The molecule has 1 aromatic rings. The lowest BCUT2D eigenvalue weighted by Crippen LogP contribution is -2.26. The summed E-state index contributed by atoms with van der Waals surface area (Å²) in [7, 11) is 0. The van der Waals surface area contributed by atoms with Gasteiger partial charge in [-0.1, -0.05) is 18.2 Å². The van der Waals surface area contributed by atoms with Crippen molar-refractivity contribution in [2.45, 2.75) is 20.0 Å². The Labute approximate surface area is 101 Å². The topological polar surface area (TPSA) is 40.5 Å². The molecule has 0 radical (unpaired) electrons. The van der Waals surface area contributed by atoms with Gasteiger partial charge in [0.1, 0.15) is 0 Å². The lowest BCUT2D eigenvalue weighted by Gasteiger charge is -2.21. The lowest BCUT2D eigenvalue weighted by molar-refractivity contribution is -0.117. The molecule has 1 atom stereocenters. The van der Waals surface area contributed by atoms with E-state index in [-0.39, 0.29) is 18.4 Å². The summed E-state index contributed by atoms with van der Waals surface area (Å²) in [6, 6.07) is 5.65. The summed E-state index contributed by atoms with van der Waals surface area (Å²) >= 11 is 0. The van der Waals surface area contributed by atoms with E-state index in [9.17, 15) is 9.90 Å². The van der Waals surface area contributed by atoms with Gasteiger partial charge in [-0.25, -0.2) is 0 Å². The Kier molecular flexibility index (Phi) is 3.16. The highest BCUT2D eigenvalue weighted by Gasteiger charge is 2.31. The standard InChI is InChI=1S/C14H15NO2/c1-3-11-7-13(17)15(8-11)14-10(2)5-4-6-12(14)9-16/h1,4-6,11,16H,7-9H2,2H3. The molecule has 0 aliphatic carbocycles. The fraction of sp³-hybridized carbons (Fsp3) is 0.357. The zero-order valence-electron chi connectivity index (χ0n) is 9.81. The Morgan fingerprint density at radius 2 is 2.35 bits per heavy atom. The second-order valence-corrected chi connectivity index (χ2v) is 4.31. The van der Waals surface area contributed by atoms with Crippen molar-refractivity contribution in [1.82, 2.24) is 0 Å². The van der Waals surface area contributed by atoms with Crippen LogP contribution in [0, 0.1) is 25.2 Å². The normalized spacial score (nSPS) is 19.5. The van der Waals surface area contributed by atoms with Gasteiger partial charge < -0.3 is 10.0 Å². The molecule has 1 amide bonds. The number of aliphatic hydroxyl groups excluding tert-OH is 1. The number of amides is 1. The van der Waals surface area contributed by atoms with E-state index in [2.05, 4.69) is 5.92 Å². The third kappa shape index (κ3) is 2.04. The van der Waals surface area contributed by atoms with Crippen LogP contribution in [0.25, 0.3) is 0 Å². The van der Waals surface area contributed by atoms with E-state index in [1.807, 2.05) is 25.1 Å². The van der Waals surface area contributed by atoms with Crippen LogP contribution < -0.4 is 4.90 Å². The highest BCUT2D eigenvalue weighted by molar-refractivity contribution is 5.97. The van der Waals surface area contributed by atoms with Crippen molar-refractivity contribution in [1.29, 1.82) is 0 Å². The molecule has 3 heteroatoms. The van der Waals surface area contributed by atoms with Crippen LogP contribution in [-0.2, 0) is 11.4 Å². The largest absolute Gasteiger partial charge is 0.392 e. The molecule has 1 heterocycles. The molecule has 3 nitrogen and oxygen atoms in total. The van der Waals surface area contributed by atoms with Crippen LogP contribution in [0.4, 0.5) is 5.69 Å². The molecule has 0 aromatic heterocycles. The number of carbonyl (C=O) groups excluding carboxylic acids is 1. The maximum Gasteiger partial charge on any atom is 0.228 e. The minimum Gasteiger partial charge on any atom is -0.392 e. The fourth-order valence-electron chi connectivity index (χ4n) is 2.27. The number of aliphatic hydroxyl groups is 1. The van der Waals surface area contributed by atoms with Gasteiger partial charge in [-0.15, -0.1) is 12.3 Å². The van der Waals surface area contributed by atoms with Gasteiger partial charge in [-0.2, -0.15) is 0 Å². The highest BCUT2D eigenvalue weighted by atomic mass is 16.3. The Bertz CT molecular complexity index is 487. The summed E-state index contributed by atoms with van der Waals surface area (Å²) < 4.78 is 0. The molecule has 0 saturated carbocycles. The Morgan fingerprint density at radius 1 is 1.59 bits per heavy atom. The summed E-state index contributed by atoms with van der Waals surface area (Å²) in [5.74, 6) is 2.65. The first-order valence-electron chi connectivity index (χ1n) is 5.63. The summed E-state index contributed by atoms with van der Waals surface area (Å²) in [6.45, 7) is 2.42. The minimum atomic E-state index is -0.0679. The van der Waals surface area contributed by atoms with Gasteiger partial charge in [0.2, 0.25) is 5.91 Å². The predicted octanol–water partition coefficient (Wildman–Crippen LogP) is 1.47. The third-order valence-corrected chi connectivity index (χ3v) is 3.12. The molecule has 88 valence electrons. The number of hydrogen-bond donors (Lipinski definition) is 1. The van der Waals surface area contributed by atoms with E-state index < -0.39 is 0 Å². The highest BCUT2D eigenvalue weighted by Crippen LogP contribution is 2.30. The van der Waals surface area contributed by atoms with Gasteiger partial charge in [0, 0.05) is 24.4 Å². The molecule has 2 rings (SSSR count). The second kappa shape index (κ2) is 4.60. The van der Waals surface area contributed by atoms with Gasteiger partial charge in [-0.05, 0) is 12.5 Å².